The van der Waals surface area contributed by atoms with E-state index >= 15 is 0 Å². The quantitative estimate of drug-likeness (QED) is 0.717. The molecule has 3 amide bonds. The predicted molar refractivity (Wildman–Crippen MR) is 60.0 cm³/mol. The average Bonchev–Trinajstić information content (AvgIpc) is 2.22. The molecule has 1 saturated heterocycles. The summed E-state index contributed by atoms with van der Waals surface area (Å²) in [6.07, 6.45) is 4.01. The number of nitrogens with zero attached hydrogens (tertiary/aromatic N) is 1. The Kier molecular flexibility index (Phi) is 3.31. The van der Waals surface area contributed by atoms with Crippen LogP contribution in [0, 0.1) is 0 Å². The number of amides is 3. The third kappa shape index (κ3) is 2.13. The van der Waals surface area contributed by atoms with Crippen molar-refractivity contribution in [2.45, 2.75) is 44.7 Å². The second-order valence-electron chi connectivity index (χ2n) is 4.49. The van der Waals surface area contributed by atoms with Crippen molar-refractivity contribution in [1.82, 2.24) is 15.5 Å². The lowest BCUT2D eigenvalue weighted by molar-refractivity contribution is -0.127. The van der Waals surface area contributed by atoms with Gasteiger partial charge in [-0.3, -0.25) is 4.79 Å². The van der Waals surface area contributed by atoms with Gasteiger partial charge in [-0.1, -0.05) is 6.92 Å². The molecule has 2 aliphatic rings. The minimum atomic E-state index is -0.297. The Hall–Kier alpha value is -1.26. The van der Waals surface area contributed by atoms with E-state index in [2.05, 4.69) is 10.6 Å². The molecular formula is C11H19N3O2. The molecule has 90 valence electrons. The molecule has 5 nitrogen and oxygen atoms in total. The molecule has 0 aromatic heterocycles. The number of carbonyl (C=O) groups is 2. The van der Waals surface area contributed by atoms with Gasteiger partial charge in [0.15, 0.2) is 0 Å². The van der Waals surface area contributed by atoms with Gasteiger partial charge in [0.2, 0.25) is 5.91 Å². The molecule has 1 heterocycles. The Morgan fingerprint density at radius 3 is 2.88 bits per heavy atom. The molecular weight excluding hydrogens is 206 g/mol. The molecule has 0 aromatic carbocycles. The van der Waals surface area contributed by atoms with Crippen molar-refractivity contribution in [2.24, 2.45) is 0 Å². The zero-order valence-electron chi connectivity index (χ0n) is 9.66. The normalized spacial score (nSPS) is 25.9. The van der Waals surface area contributed by atoms with Crippen molar-refractivity contribution in [1.29, 1.82) is 0 Å². The van der Waals surface area contributed by atoms with E-state index in [0.717, 1.165) is 12.8 Å². The summed E-state index contributed by atoms with van der Waals surface area (Å²) in [4.78, 5) is 25.2. The fourth-order valence-corrected chi connectivity index (χ4v) is 2.17. The molecule has 16 heavy (non-hydrogen) atoms. The summed E-state index contributed by atoms with van der Waals surface area (Å²) in [7, 11) is 0. The Labute approximate surface area is 95.6 Å². The summed E-state index contributed by atoms with van der Waals surface area (Å²) in [5, 5.41) is 5.77. The first kappa shape index (κ1) is 11.2. The Balaban J connectivity index is 1.94. The molecule has 2 rings (SSSR count). The summed E-state index contributed by atoms with van der Waals surface area (Å²) >= 11 is 0. The SMILES string of the molecule is CCC1C(=O)NCCN1C(=O)NC1CCC1. The Bertz CT molecular complexity index is 289. The van der Waals surface area contributed by atoms with Crippen LogP contribution in [0.15, 0.2) is 0 Å². The second kappa shape index (κ2) is 4.72. The number of urea groups is 1. The summed E-state index contributed by atoms with van der Waals surface area (Å²) < 4.78 is 0. The van der Waals surface area contributed by atoms with Gasteiger partial charge in [-0.2, -0.15) is 0 Å². The largest absolute Gasteiger partial charge is 0.353 e. The molecule has 0 spiro atoms. The minimum absolute atomic E-state index is 0.0301. The van der Waals surface area contributed by atoms with Gasteiger partial charge in [-0.25, -0.2) is 4.79 Å². The molecule has 1 saturated carbocycles. The van der Waals surface area contributed by atoms with Crippen molar-refractivity contribution >= 4 is 11.9 Å². The van der Waals surface area contributed by atoms with Gasteiger partial charge < -0.3 is 15.5 Å². The van der Waals surface area contributed by atoms with Gasteiger partial charge in [0.05, 0.1) is 0 Å². The minimum Gasteiger partial charge on any atom is -0.353 e. The van der Waals surface area contributed by atoms with E-state index in [1.807, 2.05) is 6.92 Å². The van der Waals surface area contributed by atoms with E-state index in [-0.39, 0.29) is 18.0 Å². The number of nitrogens with one attached hydrogen (secondary N) is 2. The number of hydrogen-bond donors (Lipinski definition) is 2. The third-order valence-electron chi connectivity index (χ3n) is 3.41. The van der Waals surface area contributed by atoms with Crippen molar-refractivity contribution in [3.05, 3.63) is 0 Å². The van der Waals surface area contributed by atoms with Crippen LogP contribution in [-0.2, 0) is 4.79 Å². The molecule has 0 aromatic rings. The van der Waals surface area contributed by atoms with Crippen LogP contribution >= 0.6 is 0 Å². The van der Waals surface area contributed by atoms with E-state index < -0.39 is 0 Å². The van der Waals surface area contributed by atoms with Gasteiger partial charge in [0, 0.05) is 19.1 Å². The summed E-state index contributed by atoms with van der Waals surface area (Å²) in [5.41, 5.74) is 0. The number of carbonyl (C=O) groups excluding carboxylic acids is 2. The van der Waals surface area contributed by atoms with Gasteiger partial charge in [-0.15, -0.1) is 0 Å². The highest BCUT2D eigenvalue weighted by Gasteiger charge is 2.33. The predicted octanol–water partition coefficient (Wildman–Crippen LogP) is 0.459. The van der Waals surface area contributed by atoms with Gasteiger partial charge in [0.25, 0.3) is 0 Å². The van der Waals surface area contributed by atoms with E-state index in [1.165, 1.54) is 6.42 Å². The topological polar surface area (TPSA) is 61.4 Å². The van der Waals surface area contributed by atoms with Crippen LogP contribution in [0.1, 0.15) is 32.6 Å². The molecule has 1 aliphatic heterocycles. The highest BCUT2D eigenvalue weighted by molar-refractivity contribution is 5.88. The zero-order chi connectivity index (χ0) is 11.5. The maximum atomic E-state index is 12.0. The van der Waals surface area contributed by atoms with E-state index in [4.69, 9.17) is 0 Å². The molecule has 1 atom stereocenters. The molecule has 5 heteroatoms. The summed E-state index contributed by atoms with van der Waals surface area (Å²) in [6.45, 7) is 3.11. The van der Waals surface area contributed by atoms with Crippen molar-refractivity contribution < 1.29 is 9.59 Å². The van der Waals surface area contributed by atoms with Crippen molar-refractivity contribution in [3.8, 4) is 0 Å². The average molecular weight is 225 g/mol. The number of rotatable bonds is 2. The van der Waals surface area contributed by atoms with Crippen LogP contribution in [-0.4, -0.2) is 42.0 Å². The van der Waals surface area contributed by atoms with Crippen LogP contribution < -0.4 is 10.6 Å². The summed E-state index contributed by atoms with van der Waals surface area (Å²) in [6, 6.07) is -0.0461. The standard InChI is InChI=1S/C11H19N3O2/c1-2-9-10(15)12-6-7-14(9)11(16)13-8-4-3-5-8/h8-9H,2-7H2,1H3,(H,12,15)(H,13,16). The first-order valence-corrected chi connectivity index (χ1v) is 6.07. The highest BCUT2D eigenvalue weighted by atomic mass is 16.2. The lowest BCUT2D eigenvalue weighted by atomic mass is 9.93. The fraction of sp³-hybridized carbons (Fsp3) is 0.818. The zero-order valence-corrected chi connectivity index (χ0v) is 9.66. The first-order valence-electron chi connectivity index (χ1n) is 6.07. The van der Waals surface area contributed by atoms with E-state index in [9.17, 15) is 9.59 Å². The van der Waals surface area contributed by atoms with Crippen molar-refractivity contribution in [3.63, 3.8) is 0 Å². The van der Waals surface area contributed by atoms with Gasteiger partial charge >= 0.3 is 6.03 Å². The molecule has 0 radical (unpaired) electrons. The van der Waals surface area contributed by atoms with E-state index in [1.54, 1.807) is 4.90 Å². The van der Waals surface area contributed by atoms with Gasteiger partial charge in [0.1, 0.15) is 6.04 Å². The lowest BCUT2D eigenvalue weighted by Gasteiger charge is -2.37. The smallest absolute Gasteiger partial charge is 0.318 e. The van der Waals surface area contributed by atoms with Crippen molar-refractivity contribution in [2.75, 3.05) is 13.1 Å². The monoisotopic (exact) mass is 225 g/mol. The van der Waals surface area contributed by atoms with Crippen LogP contribution in [0.3, 0.4) is 0 Å². The van der Waals surface area contributed by atoms with E-state index in [0.29, 0.717) is 25.6 Å². The Morgan fingerprint density at radius 1 is 1.56 bits per heavy atom. The van der Waals surface area contributed by atoms with Crippen LogP contribution in [0.2, 0.25) is 0 Å². The van der Waals surface area contributed by atoms with Crippen LogP contribution in [0.4, 0.5) is 4.79 Å². The van der Waals surface area contributed by atoms with Crippen LogP contribution in [0.25, 0.3) is 0 Å². The third-order valence-corrected chi connectivity index (χ3v) is 3.41. The van der Waals surface area contributed by atoms with Crippen LogP contribution in [0.5, 0.6) is 0 Å². The molecule has 1 unspecified atom stereocenters. The maximum Gasteiger partial charge on any atom is 0.318 e. The summed E-state index contributed by atoms with van der Waals surface area (Å²) in [5.74, 6) is -0.0301. The second-order valence-corrected chi connectivity index (χ2v) is 4.49. The van der Waals surface area contributed by atoms with Gasteiger partial charge in [-0.05, 0) is 25.7 Å². The molecule has 1 aliphatic carbocycles. The number of piperazine rings is 1. The maximum absolute atomic E-state index is 12.0. The molecule has 0 bridgehead atoms. The highest BCUT2D eigenvalue weighted by Crippen LogP contribution is 2.19. The number of hydrogen-bond acceptors (Lipinski definition) is 2. The molecule has 2 fully saturated rings. The first-order chi connectivity index (χ1) is 7.72. The molecule has 2 N–H and O–H groups in total. The fourth-order valence-electron chi connectivity index (χ4n) is 2.17. The lowest BCUT2D eigenvalue weighted by Crippen LogP contribution is -2.60. The Morgan fingerprint density at radius 2 is 2.31 bits per heavy atom.